The Bertz CT molecular complexity index is 406. The standard InChI is InChI=1S/C12H15F2IN2/c1-17(8-4-5-16-6-8)7-9-10(13)2-3-11(15)12(9)14/h2-3,8,16H,4-7H2,1H3. The maximum atomic E-state index is 13.8. The van der Waals surface area contributed by atoms with Crippen molar-refractivity contribution in [2.24, 2.45) is 0 Å². The van der Waals surface area contributed by atoms with Gasteiger partial charge in [0, 0.05) is 28.3 Å². The molecule has 0 aromatic heterocycles. The summed E-state index contributed by atoms with van der Waals surface area (Å²) in [5, 5.41) is 3.25. The van der Waals surface area contributed by atoms with Crippen LogP contribution in [0.3, 0.4) is 0 Å². The highest BCUT2D eigenvalue weighted by Gasteiger charge is 2.22. The van der Waals surface area contributed by atoms with Crippen LogP contribution >= 0.6 is 22.6 Å². The van der Waals surface area contributed by atoms with Crippen LogP contribution in [0.2, 0.25) is 0 Å². The zero-order valence-corrected chi connectivity index (χ0v) is 11.8. The molecule has 1 N–H and O–H groups in total. The van der Waals surface area contributed by atoms with Crippen molar-refractivity contribution < 1.29 is 8.78 Å². The summed E-state index contributed by atoms with van der Waals surface area (Å²) < 4.78 is 27.9. The van der Waals surface area contributed by atoms with E-state index in [9.17, 15) is 8.78 Å². The fraction of sp³-hybridized carbons (Fsp3) is 0.500. The van der Waals surface area contributed by atoms with Crippen LogP contribution in [-0.2, 0) is 6.54 Å². The molecule has 0 bridgehead atoms. The van der Waals surface area contributed by atoms with Gasteiger partial charge in [0.15, 0.2) is 0 Å². The summed E-state index contributed by atoms with van der Waals surface area (Å²) in [6.45, 7) is 2.19. The van der Waals surface area contributed by atoms with E-state index < -0.39 is 11.6 Å². The van der Waals surface area contributed by atoms with Gasteiger partial charge < -0.3 is 5.32 Å². The summed E-state index contributed by atoms with van der Waals surface area (Å²) in [5.74, 6) is -0.885. The summed E-state index contributed by atoms with van der Waals surface area (Å²) in [7, 11) is 1.91. The van der Waals surface area contributed by atoms with Crippen LogP contribution in [0.25, 0.3) is 0 Å². The van der Waals surface area contributed by atoms with Gasteiger partial charge in [-0.2, -0.15) is 0 Å². The first-order valence-corrected chi connectivity index (χ1v) is 6.71. The minimum atomic E-state index is -0.458. The summed E-state index contributed by atoms with van der Waals surface area (Å²) in [5.41, 5.74) is 0.172. The Morgan fingerprint density at radius 3 is 2.88 bits per heavy atom. The number of hydrogen-bond acceptors (Lipinski definition) is 2. The Morgan fingerprint density at radius 2 is 2.24 bits per heavy atom. The summed E-state index contributed by atoms with van der Waals surface area (Å²) >= 11 is 1.89. The maximum Gasteiger partial charge on any atom is 0.143 e. The molecule has 0 aliphatic carbocycles. The molecule has 0 saturated carbocycles. The van der Waals surface area contributed by atoms with Crippen LogP contribution in [-0.4, -0.2) is 31.1 Å². The highest BCUT2D eigenvalue weighted by atomic mass is 127. The minimum absolute atomic E-state index is 0.172. The lowest BCUT2D eigenvalue weighted by molar-refractivity contribution is 0.241. The van der Waals surface area contributed by atoms with Gasteiger partial charge in [0.05, 0.1) is 0 Å². The van der Waals surface area contributed by atoms with Crippen molar-refractivity contribution in [3.05, 3.63) is 32.9 Å². The molecule has 1 saturated heterocycles. The number of hydrogen-bond donors (Lipinski definition) is 1. The predicted molar refractivity (Wildman–Crippen MR) is 71.8 cm³/mol. The molecule has 1 aliphatic rings. The fourth-order valence-corrected chi connectivity index (χ4v) is 2.61. The first-order valence-electron chi connectivity index (χ1n) is 5.63. The van der Waals surface area contributed by atoms with E-state index in [1.54, 1.807) is 0 Å². The molecule has 2 nitrogen and oxygen atoms in total. The Morgan fingerprint density at radius 1 is 1.47 bits per heavy atom. The summed E-state index contributed by atoms with van der Waals surface area (Å²) in [4.78, 5) is 2.01. The van der Waals surface area contributed by atoms with Gasteiger partial charge in [0.1, 0.15) is 11.6 Å². The second-order valence-electron chi connectivity index (χ2n) is 4.38. The van der Waals surface area contributed by atoms with E-state index in [1.165, 1.54) is 12.1 Å². The minimum Gasteiger partial charge on any atom is -0.315 e. The van der Waals surface area contributed by atoms with E-state index in [4.69, 9.17) is 0 Å². The maximum absolute atomic E-state index is 13.8. The van der Waals surface area contributed by atoms with Gasteiger partial charge in [-0.15, -0.1) is 0 Å². The normalized spacial score (nSPS) is 20.2. The SMILES string of the molecule is CN(Cc1c(F)ccc(I)c1F)C1CCNC1. The van der Waals surface area contributed by atoms with Gasteiger partial charge >= 0.3 is 0 Å². The molecular weight excluding hydrogens is 337 g/mol. The molecule has 5 heteroatoms. The molecule has 1 unspecified atom stereocenters. The third-order valence-electron chi connectivity index (χ3n) is 3.20. The predicted octanol–water partition coefficient (Wildman–Crippen LogP) is 2.36. The van der Waals surface area contributed by atoms with E-state index in [-0.39, 0.29) is 5.56 Å². The first kappa shape index (κ1) is 13.2. The lowest BCUT2D eigenvalue weighted by Crippen LogP contribution is -2.33. The third-order valence-corrected chi connectivity index (χ3v) is 4.04. The second-order valence-corrected chi connectivity index (χ2v) is 5.55. The summed E-state index contributed by atoms with van der Waals surface area (Å²) in [6, 6.07) is 3.17. The van der Waals surface area contributed by atoms with Crippen molar-refractivity contribution in [1.29, 1.82) is 0 Å². The fourth-order valence-electron chi connectivity index (χ4n) is 2.11. The highest BCUT2D eigenvalue weighted by molar-refractivity contribution is 14.1. The zero-order valence-electron chi connectivity index (χ0n) is 9.64. The van der Waals surface area contributed by atoms with Crippen LogP contribution < -0.4 is 5.32 Å². The van der Waals surface area contributed by atoms with Gasteiger partial charge in [0.2, 0.25) is 0 Å². The average Bonchev–Trinajstić information content (AvgIpc) is 2.83. The van der Waals surface area contributed by atoms with Crippen molar-refractivity contribution in [2.75, 3.05) is 20.1 Å². The highest BCUT2D eigenvalue weighted by Crippen LogP contribution is 2.21. The molecule has 1 fully saturated rings. The van der Waals surface area contributed by atoms with Gasteiger partial charge in [0.25, 0.3) is 0 Å². The number of halogens is 3. The summed E-state index contributed by atoms with van der Waals surface area (Å²) in [6.07, 6.45) is 1.03. The van der Waals surface area contributed by atoms with Gasteiger partial charge in [-0.25, -0.2) is 8.78 Å². The Hall–Kier alpha value is -0.270. The number of rotatable bonds is 3. The van der Waals surface area contributed by atoms with Crippen LogP contribution in [0.1, 0.15) is 12.0 Å². The molecule has 94 valence electrons. The van der Waals surface area contributed by atoms with E-state index in [0.717, 1.165) is 19.5 Å². The molecule has 0 spiro atoms. The Balaban J connectivity index is 2.14. The van der Waals surface area contributed by atoms with E-state index in [2.05, 4.69) is 5.32 Å². The van der Waals surface area contributed by atoms with E-state index in [0.29, 0.717) is 16.2 Å². The quantitative estimate of drug-likeness (QED) is 0.664. The third kappa shape index (κ3) is 2.95. The monoisotopic (exact) mass is 352 g/mol. The average molecular weight is 352 g/mol. The van der Waals surface area contributed by atoms with Crippen LogP contribution in [0.5, 0.6) is 0 Å². The van der Waals surface area contributed by atoms with Gasteiger partial charge in [-0.1, -0.05) is 0 Å². The number of nitrogens with one attached hydrogen (secondary N) is 1. The first-order chi connectivity index (χ1) is 8.09. The molecule has 1 aromatic carbocycles. The molecular formula is C12H15F2IN2. The molecule has 1 heterocycles. The Kier molecular flexibility index (Phi) is 4.32. The van der Waals surface area contributed by atoms with Crippen molar-refractivity contribution >= 4 is 22.6 Å². The lowest BCUT2D eigenvalue weighted by Gasteiger charge is -2.24. The number of benzene rings is 1. The van der Waals surface area contributed by atoms with Gasteiger partial charge in [-0.05, 0) is 54.7 Å². The number of likely N-dealkylation sites (N-methyl/N-ethyl adjacent to an activating group) is 1. The molecule has 2 rings (SSSR count). The Labute approximate surface area is 114 Å². The molecule has 1 aliphatic heterocycles. The number of nitrogens with zero attached hydrogens (tertiary/aromatic N) is 1. The molecule has 17 heavy (non-hydrogen) atoms. The van der Waals surface area contributed by atoms with Crippen LogP contribution in [0, 0.1) is 15.2 Å². The second kappa shape index (κ2) is 5.58. The molecule has 1 aromatic rings. The van der Waals surface area contributed by atoms with Crippen molar-refractivity contribution in [3.8, 4) is 0 Å². The largest absolute Gasteiger partial charge is 0.315 e. The molecule has 0 radical (unpaired) electrons. The van der Waals surface area contributed by atoms with E-state index in [1.807, 2.05) is 34.5 Å². The van der Waals surface area contributed by atoms with Crippen molar-refractivity contribution in [3.63, 3.8) is 0 Å². The van der Waals surface area contributed by atoms with Crippen LogP contribution in [0.15, 0.2) is 12.1 Å². The van der Waals surface area contributed by atoms with Crippen LogP contribution in [0.4, 0.5) is 8.78 Å². The zero-order chi connectivity index (χ0) is 12.4. The van der Waals surface area contributed by atoms with Crippen molar-refractivity contribution in [2.45, 2.75) is 19.0 Å². The van der Waals surface area contributed by atoms with E-state index >= 15 is 0 Å². The smallest absolute Gasteiger partial charge is 0.143 e. The van der Waals surface area contributed by atoms with Gasteiger partial charge in [-0.3, -0.25) is 4.90 Å². The van der Waals surface area contributed by atoms with Crippen molar-refractivity contribution in [1.82, 2.24) is 10.2 Å². The molecule has 1 atom stereocenters. The molecule has 0 amide bonds. The lowest BCUT2D eigenvalue weighted by atomic mass is 10.1. The topological polar surface area (TPSA) is 15.3 Å².